The summed E-state index contributed by atoms with van der Waals surface area (Å²) in [5.74, 6) is -1.49. The number of aliphatic carboxylic acids is 2. The lowest BCUT2D eigenvalue weighted by atomic mass is 9.99. The minimum Gasteiger partial charge on any atom is -0.481 e. The molecule has 0 unspecified atom stereocenters. The van der Waals surface area contributed by atoms with Crippen LogP contribution in [-0.4, -0.2) is 51.1 Å². The average Bonchev–Trinajstić information content (AvgIpc) is 2.50. The lowest BCUT2D eigenvalue weighted by molar-refractivity contribution is -0.193. The Hall–Kier alpha value is -1.91. The molecule has 0 aliphatic rings. The van der Waals surface area contributed by atoms with Crippen LogP contribution in [0.2, 0.25) is 38.3 Å². The number of rotatable bonds is 12. The van der Waals surface area contributed by atoms with Gasteiger partial charge in [-0.05, 0) is 56.5 Å². The molecule has 0 amide bonds. The summed E-state index contributed by atoms with van der Waals surface area (Å²) >= 11 is 0. The minimum absolute atomic E-state index is 0. The topological polar surface area (TPSA) is 152 Å². The van der Waals surface area contributed by atoms with Gasteiger partial charge in [0.1, 0.15) is 0 Å². The van der Waals surface area contributed by atoms with Gasteiger partial charge in [0.05, 0.1) is 0 Å². The summed E-state index contributed by atoms with van der Waals surface area (Å²) in [6.07, 6.45) is 2.13. The van der Waals surface area contributed by atoms with E-state index in [0.29, 0.717) is 12.3 Å². The first-order valence-electron chi connectivity index (χ1n) is 9.28. The maximum absolute atomic E-state index is 10.9. The Morgan fingerprint density at radius 3 is 1.17 bits per heavy atom. The van der Waals surface area contributed by atoms with Crippen molar-refractivity contribution >= 4 is 40.9 Å². The number of carboxylic acids is 2. The zero-order valence-corrected chi connectivity index (χ0v) is 20.1. The van der Waals surface area contributed by atoms with E-state index in [9.17, 15) is 9.59 Å². The molecule has 0 spiro atoms. The van der Waals surface area contributed by atoms with E-state index in [-0.39, 0.29) is 75.6 Å². The van der Waals surface area contributed by atoms with E-state index >= 15 is 0 Å². The Morgan fingerprint density at radius 2 is 0.943 bits per heavy atom. The summed E-state index contributed by atoms with van der Waals surface area (Å²) in [6.45, 7) is 13.3. The van der Waals surface area contributed by atoms with Crippen molar-refractivity contribution in [2.75, 3.05) is 0 Å². The van der Waals surface area contributed by atoms with Crippen molar-refractivity contribution in [3.05, 3.63) is 0 Å². The third-order valence-electron chi connectivity index (χ3n) is 3.96. The minimum atomic E-state index is -1.90. The van der Waals surface area contributed by atoms with Gasteiger partial charge in [0, 0.05) is 12.8 Å². The molecular formula is C24H58O9Si2. The van der Waals surface area contributed by atoms with Gasteiger partial charge in [0.2, 0.25) is 0 Å². The molecule has 0 aliphatic heterocycles. The van der Waals surface area contributed by atoms with Crippen LogP contribution in [0, 0.1) is 11.8 Å². The molecule has 0 aliphatic carbocycles. The van der Waals surface area contributed by atoms with Crippen LogP contribution < -0.4 is 0 Å². The molecule has 0 atom stereocenters. The van der Waals surface area contributed by atoms with Crippen molar-refractivity contribution < 1.29 is 43.1 Å². The van der Waals surface area contributed by atoms with Crippen LogP contribution in [-0.2, 0) is 32.9 Å². The normalized spacial score (nSPS) is 8.91. The van der Waals surface area contributed by atoms with Gasteiger partial charge in [-0.2, -0.15) is 19.2 Å². The molecule has 9 nitrogen and oxygen atoms in total. The van der Waals surface area contributed by atoms with Gasteiger partial charge in [-0.3, -0.25) is 9.59 Å². The molecule has 0 rings (SSSR count). The number of carbonyl (C=O) groups excluding carboxylic acids is 4. The first-order chi connectivity index (χ1) is 13.2. The van der Waals surface area contributed by atoms with Crippen LogP contribution in [0.1, 0.15) is 84.1 Å². The summed E-state index contributed by atoms with van der Waals surface area (Å²) in [6, 6.07) is 1.95. The van der Waals surface area contributed by atoms with Crippen LogP contribution in [0.25, 0.3) is 0 Å². The second kappa shape index (κ2) is 32.1. The molecule has 0 radical (unpaired) electrons. The Balaban J connectivity index is -0.0000000727. The second-order valence-corrected chi connectivity index (χ2v) is 17.2. The fourth-order valence-electron chi connectivity index (χ4n) is 2.81. The highest BCUT2D eigenvalue weighted by molar-refractivity contribution is 6.84. The van der Waals surface area contributed by atoms with Gasteiger partial charge in [0.25, 0.3) is 0 Å². The summed E-state index contributed by atoms with van der Waals surface area (Å²) < 4.78 is 6.52. The van der Waals surface area contributed by atoms with Gasteiger partial charge in [-0.25, -0.2) is 0 Å². The van der Waals surface area contributed by atoms with Crippen molar-refractivity contribution in [2.24, 2.45) is 11.8 Å². The summed E-state index contributed by atoms with van der Waals surface area (Å²) in [5.41, 5.74) is 0. The molecular weight excluding hydrogens is 488 g/mol. The maximum Gasteiger partial charge on any atom is 0.373 e. The van der Waals surface area contributed by atoms with E-state index in [0.717, 1.165) is 12.1 Å². The molecule has 0 heterocycles. The molecule has 0 saturated carbocycles. The predicted octanol–water partition coefficient (Wildman–Crippen LogP) is 7.06. The first-order valence-corrected chi connectivity index (χ1v) is 15.5. The third-order valence-corrected chi connectivity index (χ3v) is 11.4. The molecule has 216 valence electrons. The SMILES string of the molecule is C.C.C.C.C.C.CC(C)CC[Si](C)(C)O[Si](C)(C)CCC(CC(=O)O)CC(=O)O.O=C=O.O=C=O. The third kappa shape index (κ3) is 50.1. The monoisotopic (exact) mass is 546 g/mol. The quantitative estimate of drug-likeness (QED) is 0.245. The lowest BCUT2D eigenvalue weighted by Crippen LogP contribution is -2.44. The van der Waals surface area contributed by atoms with E-state index in [2.05, 4.69) is 40.0 Å². The summed E-state index contributed by atoms with van der Waals surface area (Å²) in [7, 11) is -3.61. The molecule has 0 aromatic carbocycles. The van der Waals surface area contributed by atoms with Crippen molar-refractivity contribution in [1.29, 1.82) is 0 Å². The van der Waals surface area contributed by atoms with Crippen molar-refractivity contribution in [1.82, 2.24) is 0 Å². The average molecular weight is 547 g/mol. The van der Waals surface area contributed by atoms with Crippen LogP contribution in [0.3, 0.4) is 0 Å². The van der Waals surface area contributed by atoms with Crippen LogP contribution in [0.5, 0.6) is 0 Å². The van der Waals surface area contributed by atoms with Crippen molar-refractivity contribution in [2.45, 2.75) is 122 Å². The van der Waals surface area contributed by atoms with Gasteiger partial charge in [0.15, 0.2) is 16.6 Å². The Labute approximate surface area is 218 Å². The van der Waals surface area contributed by atoms with Crippen LogP contribution >= 0.6 is 0 Å². The predicted molar refractivity (Wildman–Crippen MR) is 148 cm³/mol. The molecule has 11 heteroatoms. The summed E-state index contributed by atoms with van der Waals surface area (Å²) in [5, 5.41) is 17.9. The fourth-order valence-corrected chi connectivity index (χ4v) is 12.0. The highest BCUT2D eigenvalue weighted by Crippen LogP contribution is 2.28. The zero-order valence-electron chi connectivity index (χ0n) is 18.1. The van der Waals surface area contributed by atoms with Gasteiger partial charge in [-0.1, -0.05) is 64.8 Å². The fraction of sp³-hybridized carbons (Fsp3) is 0.833. The molecule has 0 saturated heterocycles. The lowest BCUT2D eigenvalue weighted by Gasteiger charge is -2.35. The Bertz CT molecular complexity index is 523. The van der Waals surface area contributed by atoms with E-state index in [1.54, 1.807) is 0 Å². The smallest absolute Gasteiger partial charge is 0.373 e. The molecule has 0 fully saturated rings. The number of hydrogen-bond donors (Lipinski definition) is 2. The number of carbonyl (C=O) groups is 2. The van der Waals surface area contributed by atoms with Crippen LogP contribution in [0.4, 0.5) is 0 Å². The molecule has 2 N–H and O–H groups in total. The first kappa shape index (κ1) is 58.7. The Morgan fingerprint density at radius 1 is 0.686 bits per heavy atom. The van der Waals surface area contributed by atoms with Gasteiger partial charge < -0.3 is 14.3 Å². The van der Waals surface area contributed by atoms with E-state index in [1.165, 1.54) is 6.42 Å². The van der Waals surface area contributed by atoms with Crippen molar-refractivity contribution in [3.63, 3.8) is 0 Å². The molecule has 0 aromatic rings. The van der Waals surface area contributed by atoms with Crippen molar-refractivity contribution in [3.8, 4) is 0 Å². The second-order valence-electron chi connectivity index (χ2n) is 8.32. The van der Waals surface area contributed by atoms with E-state index < -0.39 is 28.6 Å². The Kier molecular flexibility index (Phi) is 53.8. The van der Waals surface area contributed by atoms with Gasteiger partial charge >= 0.3 is 24.2 Å². The maximum atomic E-state index is 10.9. The van der Waals surface area contributed by atoms with E-state index in [1.807, 2.05) is 0 Å². The largest absolute Gasteiger partial charge is 0.481 e. The van der Waals surface area contributed by atoms with E-state index in [4.69, 9.17) is 33.5 Å². The number of carboxylic acid groups (broad SMARTS) is 2. The molecule has 0 bridgehead atoms. The zero-order chi connectivity index (χ0) is 23.7. The highest BCUT2D eigenvalue weighted by Gasteiger charge is 2.33. The number of hydrogen-bond acceptors (Lipinski definition) is 7. The molecule has 0 aromatic heterocycles. The summed E-state index contributed by atoms with van der Waals surface area (Å²) in [4.78, 5) is 54.3. The molecule has 35 heavy (non-hydrogen) atoms. The standard InChI is InChI=1S/C16H34O5Si2.2CO2.6CH4/c1-13(2)7-9-22(3,4)21-23(5,6)10-8-14(11-15(17)18)12-16(19)20;2*2-1-3;;;;;;/h13-14H,7-12H2,1-6H3,(H,17,18)(H,19,20);;;6*1H4. The van der Waals surface area contributed by atoms with Crippen LogP contribution in [0.15, 0.2) is 0 Å². The highest BCUT2D eigenvalue weighted by atomic mass is 28.4. The van der Waals surface area contributed by atoms with Gasteiger partial charge in [-0.15, -0.1) is 0 Å².